The number of rotatable bonds is 3. The first-order valence-corrected chi connectivity index (χ1v) is 8.92. The van der Waals surface area contributed by atoms with E-state index in [4.69, 9.17) is 4.74 Å². The highest BCUT2D eigenvalue weighted by molar-refractivity contribution is 7.99. The molecule has 2 atom stereocenters. The molecule has 0 amide bonds. The van der Waals surface area contributed by atoms with Gasteiger partial charge in [-0.2, -0.15) is 0 Å². The second-order valence-corrected chi connectivity index (χ2v) is 7.40. The summed E-state index contributed by atoms with van der Waals surface area (Å²) in [5.74, 6) is -0.904. The lowest BCUT2D eigenvalue weighted by molar-refractivity contribution is 0.0696. The van der Waals surface area contributed by atoms with Crippen molar-refractivity contribution < 1.29 is 14.6 Å². The molecule has 1 N–H and O–H groups in total. The van der Waals surface area contributed by atoms with Gasteiger partial charge in [-0.05, 0) is 58.7 Å². The Labute approximate surface area is 149 Å². The van der Waals surface area contributed by atoms with Gasteiger partial charge in [-0.25, -0.2) is 4.79 Å². The number of hydrogen-bond acceptors (Lipinski definition) is 3. The standard InChI is InChI=1S/C21H14O3S/c22-21(23)12-6-8-15-17(10-12)20-18-11-14(7-9-16(18)19(15)24-20)25-13-4-2-1-3-5-13/h1-11,19-20H,(H,22,23). The topological polar surface area (TPSA) is 46.5 Å². The average molecular weight is 346 g/mol. The quantitative estimate of drug-likeness (QED) is 0.720. The van der Waals surface area contributed by atoms with E-state index in [0.29, 0.717) is 5.56 Å². The maximum Gasteiger partial charge on any atom is 0.335 e. The van der Waals surface area contributed by atoms with E-state index < -0.39 is 5.97 Å². The van der Waals surface area contributed by atoms with Gasteiger partial charge in [-0.15, -0.1) is 0 Å². The van der Waals surface area contributed by atoms with Gasteiger partial charge in [-0.3, -0.25) is 0 Å². The van der Waals surface area contributed by atoms with Crippen molar-refractivity contribution in [2.75, 3.05) is 0 Å². The molecule has 3 aromatic rings. The SMILES string of the molecule is O=C(O)c1ccc2c(c1)C1OC2c2ccc(Sc3ccccc3)cc21. The Morgan fingerprint density at radius 1 is 0.800 bits per heavy atom. The minimum Gasteiger partial charge on any atom is -0.478 e. The van der Waals surface area contributed by atoms with Crippen LogP contribution in [-0.2, 0) is 4.74 Å². The smallest absolute Gasteiger partial charge is 0.335 e. The molecule has 0 spiro atoms. The maximum absolute atomic E-state index is 11.3. The number of carboxylic acids is 1. The summed E-state index contributed by atoms with van der Waals surface area (Å²) in [6.07, 6.45) is -0.237. The maximum atomic E-state index is 11.3. The van der Waals surface area contributed by atoms with Crippen molar-refractivity contribution in [3.8, 4) is 0 Å². The molecule has 0 saturated carbocycles. The summed E-state index contributed by atoms with van der Waals surface area (Å²) < 4.78 is 6.15. The molecule has 2 aliphatic heterocycles. The van der Waals surface area contributed by atoms with Gasteiger partial charge in [0.1, 0.15) is 12.2 Å². The van der Waals surface area contributed by atoms with Gasteiger partial charge in [0.05, 0.1) is 5.56 Å². The molecule has 122 valence electrons. The van der Waals surface area contributed by atoms with Crippen molar-refractivity contribution in [1.29, 1.82) is 0 Å². The molecule has 0 saturated heterocycles. The van der Waals surface area contributed by atoms with Crippen LogP contribution in [0.1, 0.15) is 44.8 Å². The predicted molar refractivity (Wildman–Crippen MR) is 95.2 cm³/mol. The molecule has 0 aromatic heterocycles. The first kappa shape index (κ1) is 14.8. The van der Waals surface area contributed by atoms with Crippen LogP contribution in [0.4, 0.5) is 0 Å². The molecule has 4 heteroatoms. The molecule has 0 aliphatic carbocycles. The second kappa shape index (κ2) is 5.48. The number of carbonyl (C=O) groups is 1. The van der Waals surface area contributed by atoms with E-state index in [-0.39, 0.29) is 12.2 Å². The lowest BCUT2D eigenvalue weighted by atomic mass is 9.85. The molecule has 0 fully saturated rings. The van der Waals surface area contributed by atoms with Crippen LogP contribution in [0.2, 0.25) is 0 Å². The van der Waals surface area contributed by atoms with Crippen LogP contribution in [0.3, 0.4) is 0 Å². The Morgan fingerprint density at radius 3 is 2.24 bits per heavy atom. The van der Waals surface area contributed by atoms with Crippen molar-refractivity contribution in [2.45, 2.75) is 22.0 Å². The Hall–Kier alpha value is -2.56. The van der Waals surface area contributed by atoms with Gasteiger partial charge < -0.3 is 9.84 Å². The second-order valence-electron chi connectivity index (χ2n) is 6.25. The Bertz CT molecular complexity index is 997. The zero-order valence-electron chi connectivity index (χ0n) is 13.2. The predicted octanol–water partition coefficient (Wildman–Crippen LogP) is 5.06. The van der Waals surface area contributed by atoms with Crippen molar-refractivity contribution in [3.63, 3.8) is 0 Å². The van der Waals surface area contributed by atoms with Crippen LogP contribution < -0.4 is 0 Å². The summed E-state index contributed by atoms with van der Waals surface area (Å²) >= 11 is 1.72. The largest absolute Gasteiger partial charge is 0.478 e. The van der Waals surface area contributed by atoms with E-state index in [1.54, 1.807) is 23.9 Å². The third-order valence-electron chi connectivity index (χ3n) is 4.77. The molecule has 2 unspecified atom stereocenters. The highest BCUT2D eigenvalue weighted by atomic mass is 32.2. The number of fused-ring (bicyclic) bond motifs is 8. The summed E-state index contributed by atoms with van der Waals surface area (Å²) in [6, 6.07) is 22.0. The van der Waals surface area contributed by atoms with Gasteiger partial charge in [0.25, 0.3) is 0 Å². The third kappa shape index (κ3) is 2.29. The summed E-state index contributed by atoms with van der Waals surface area (Å²) in [5.41, 5.74) is 4.73. The molecule has 2 heterocycles. The Balaban J connectivity index is 1.53. The molecule has 3 nitrogen and oxygen atoms in total. The minimum atomic E-state index is -0.904. The highest BCUT2D eigenvalue weighted by Crippen LogP contribution is 2.54. The van der Waals surface area contributed by atoms with E-state index >= 15 is 0 Å². The van der Waals surface area contributed by atoms with Crippen LogP contribution >= 0.6 is 11.8 Å². The lowest BCUT2D eigenvalue weighted by Gasteiger charge is -2.17. The van der Waals surface area contributed by atoms with Crippen molar-refractivity contribution in [3.05, 3.63) is 94.5 Å². The molecule has 25 heavy (non-hydrogen) atoms. The minimum absolute atomic E-state index is 0.0754. The van der Waals surface area contributed by atoms with Gasteiger partial charge in [0.2, 0.25) is 0 Å². The van der Waals surface area contributed by atoms with E-state index in [1.165, 1.54) is 10.5 Å². The Morgan fingerprint density at radius 2 is 1.48 bits per heavy atom. The van der Waals surface area contributed by atoms with Gasteiger partial charge >= 0.3 is 5.97 Å². The van der Waals surface area contributed by atoms with Crippen LogP contribution in [0, 0.1) is 0 Å². The number of hydrogen-bond donors (Lipinski definition) is 1. The summed E-state index contributed by atoms with van der Waals surface area (Å²) in [6.45, 7) is 0. The molecular weight excluding hydrogens is 332 g/mol. The molecule has 2 aliphatic rings. The number of aromatic carboxylic acids is 1. The summed E-state index contributed by atoms with van der Waals surface area (Å²) in [4.78, 5) is 13.6. The number of benzene rings is 3. The van der Waals surface area contributed by atoms with Gasteiger partial charge in [0, 0.05) is 9.79 Å². The molecule has 3 aromatic carbocycles. The van der Waals surface area contributed by atoms with Crippen LogP contribution in [0.15, 0.2) is 76.5 Å². The molecular formula is C21H14O3S. The lowest BCUT2D eigenvalue weighted by Crippen LogP contribution is -2.06. The zero-order valence-corrected chi connectivity index (χ0v) is 14.0. The summed E-state index contributed by atoms with van der Waals surface area (Å²) in [7, 11) is 0. The fraction of sp³-hybridized carbons (Fsp3) is 0.0952. The molecule has 0 radical (unpaired) electrons. The van der Waals surface area contributed by atoms with Crippen molar-refractivity contribution >= 4 is 17.7 Å². The molecule has 5 rings (SSSR count). The van der Waals surface area contributed by atoms with Gasteiger partial charge in [-0.1, -0.05) is 42.1 Å². The van der Waals surface area contributed by atoms with E-state index in [2.05, 4.69) is 30.3 Å². The highest BCUT2D eigenvalue weighted by Gasteiger charge is 2.42. The normalized spacial score (nSPS) is 19.5. The zero-order chi connectivity index (χ0) is 17.0. The van der Waals surface area contributed by atoms with E-state index in [0.717, 1.165) is 21.6 Å². The van der Waals surface area contributed by atoms with Crippen molar-refractivity contribution in [2.24, 2.45) is 0 Å². The van der Waals surface area contributed by atoms with Crippen LogP contribution in [0.25, 0.3) is 0 Å². The first-order chi connectivity index (χ1) is 12.2. The fourth-order valence-corrected chi connectivity index (χ4v) is 4.53. The first-order valence-electron chi connectivity index (χ1n) is 8.10. The molecule has 2 bridgehead atoms. The van der Waals surface area contributed by atoms with E-state index in [1.807, 2.05) is 24.3 Å². The fourth-order valence-electron chi connectivity index (χ4n) is 3.64. The monoisotopic (exact) mass is 346 g/mol. The van der Waals surface area contributed by atoms with Crippen LogP contribution in [-0.4, -0.2) is 11.1 Å². The van der Waals surface area contributed by atoms with Crippen LogP contribution in [0.5, 0.6) is 0 Å². The third-order valence-corrected chi connectivity index (χ3v) is 5.77. The Kier molecular flexibility index (Phi) is 3.23. The van der Waals surface area contributed by atoms with E-state index in [9.17, 15) is 9.90 Å². The van der Waals surface area contributed by atoms with Gasteiger partial charge in [0.15, 0.2) is 0 Å². The number of ether oxygens (including phenoxy) is 1. The average Bonchev–Trinajstić information content (AvgIpc) is 3.19. The van der Waals surface area contributed by atoms with Crippen molar-refractivity contribution in [1.82, 2.24) is 0 Å². The number of carboxylic acid groups (broad SMARTS) is 1. The summed E-state index contributed by atoms with van der Waals surface area (Å²) in [5, 5.41) is 9.25.